The molecule has 5 heteroatoms. The number of H-pyrrole nitrogens is 1. The Morgan fingerprint density at radius 2 is 2.18 bits per heavy atom. The molecular weight excluding hydrogens is 298 g/mol. The highest BCUT2D eigenvalue weighted by molar-refractivity contribution is 6.30. The third-order valence-corrected chi connectivity index (χ3v) is 4.55. The molecule has 1 fully saturated rings. The fourth-order valence-electron chi connectivity index (χ4n) is 3.03. The molecule has 116 valence electrons. The summed E-state index contributed by atoms with van der Waals surface area (Å²) < 4.78 is 0. The van der Waals surface area contributed by atoms with Crippen molar-refractivity contribution in [3.05, 3.63) is 52.8 Å². The van der Waals surface area contributed by atoms with Crippen molar-refractivity contribution in [3.63, 3.8) is 0 Å². The van der Waals surface area contributed by atoms with Gasteiger partial charge in [0.05, 0.1) is 6.20 Å². The number of halogens is 1. The van der Waals surface area contributed by atoms with E-state index in [4.69, 9.17) is 11.6 Å². The van der Waals surface area contributed by atoms with E-state index < -0.39 is 0 Å². The van der Waals surface area contributed by atoms with Crippen LogP contribution in [-0.2, 0) is 11.2 Å². The molecule has 0 spiro atoms. The lowest BCUT2D eigenvalue weighted by Crippen LogP contribution is -2.39. The highest BCUT2D eigenvalue weighted by atomic mass is 35.5. The van der Waals surface area contributed by atoms with Crippen LogP contribution < -0.4 is 0 Å². The van der Waals surface area contributed by atoms with Crippen LogP contribution in [0.25, 0.3) is 0 Å². The topological polar surface area (TPSA) is 49.0 Å². The van der Waals surface area contributed by atoms with Crippen LogP contribution in [0.2, 0.25) is 5.02 Å². The fourth-order valence-corrected chi connectivity index (χ4v) is 3.16. The molecule has 2 heterocycles. The van der Waals surface area contributed by atoms with Crippen molar-refractivity contribution >= 4 is 17.5 Å². The van der Waals surface area contributed by atoms with E-state index in [0.29, 0.717) is 12.3 Å². The molecule has 0 radical (unpaired) electrons. The number of nitrogens with one attached hydrogen (secondary N) is 1. The molecule has 1 aliphatic rings. The average Bonchev–Trinajstić information content (AvgIpc) is 3.07. The van der Waals surface area contributed by atoms with Gasteiger partial charge in [0.2, 0.25) is 5.91 Å². The lowest BCUT2D eigenvalue weighted by molar-refractivity contribution is -0.132. The van der Waals surface area contributed by atoms with Gasteiger partial charge >= 0.3 is 0 Å². The number of aromatic amines is 1. The number of aryl methyl sites for hydroxylation is 1. The molecule has 1 amide bonds. The zero-order valence-electron chi connectivity index (χ0n) is 12.5. The molecule has 1 atom stereocenters. The number of likely N-dealkylation sites (tertiary alicyclic amines) is 1. The minimum absolute atomic E-state index is 0.236. The Labute approximate surface area is 135 Å². The minimum atomic E-state index is 0.236. The summed E-state index contributed by atoms with van der Waals surface area (Å²) in [7, 11) is 0. The Morgan fingerprint density at radius 1 is 1.36 bits per heavy atom. The number of piperidine rings is 1. The summed E-state index contributed by atoms with van der Waals surface area (Å²) >= 11 is 5.95. The minimum Gasteiger partial charge on any atom is -0.342 e. The molecule has 3 rings (SSSR count). The number of hydrogen-bond acceptors (Lipinski definition) is 2. The molecular formula is C17H20ClN3O. The molecule has 1 saturated heterocycles. The van der Waals surface area contributed by atoms with Crippen LogP contribution in [0, 0.1) is 0 Å². The Kier molecular flexibility index (Phi) is 4.78. The highest BCUT2D eigenvalue weighted by Crippen LogP contribution is 2.28. The number of carbonyl (C=O) groups is 1. The summed E-state index contributed by atoms with van der Waals surface area (Å²) in [5.74, 6) is 0.656. The van der Waals surface area contributed by atoms with Crippen LogP contribution in [0.15, 0.2) is 36.7 Å². The summed E-state index contributed by atoms with van der Waals surface area (Å²) in [6, 6.07) is 8.01. The smallest absolute Gasteiger partial charge is 0.222 e. The average molecular weight is 318 g/mol. The quantitative estimate of drug-likeness (QED) is 0.939. The summed E-state index contributed by atoms with van der Waals surface area (Å²) in [5.41, 5.74) is 2.36. The maximum absolute atomic E-state index is 12.4. The van der Waals surface area contributed by atoms with Crippen LogP contribution in [-0.4, -0.2) is 34.1 Å². The van der Waals surface area contributed by atoms with Crippen molar-refractivity contribution in [1.82, 2.24) is 15.1 Å². The van der Waals surface area contributed by atoms with E-state index >= 15 is 0 Å². The van der Waals surface area contributed by atoms with Crippen LogP contribution >= 0.6 is 11.6 Å². The zero-order chi connectivity index (χ0) is 15.4. The maximum atomic E-state index is 12.4. The Morgan fingerprint density at radius 3 is 2.91 bits per heavy atom. The first-order valence-corrected chi connectivity index (χ1v) is 8.11. The second kappa shape index (κ2) is 6.97. The van der Waals surface area contributed by atoms with E-state index in [0.717, 1.165) is 42.9 Å². The molecule has 0 saturated carbocycles. The number of nitrogens with zero attached hydrogens (tertiary/aromatic N) is 2. The Bertz CT molecular complexity index is 609. The van der Waals surface area contributed by atoms with Gasteiger partial charge in [0.25, 0.3) is 0 Å². The van der Waals surface area contributed by atoms with Crippen molar-refractivity contribution in [1.29, 1.82) is 0 Å². The summed E-state index contributed by atoms with van der Waals surface area (Å²) in [4.78, 5) is 14.4. The molecule has 0 unspecified atom stereocenters. The van der Waals surface area contributed by atoms with Crippen LogP contribution in [0.1, 0.15) is 36.3 Å². The Hall–Kier alpha value is -1.81. The summed E-state index contributed by atoms with van der Waals surface area (Å²) in [6.45, 7) is 1.68. The van der Waals surface area contributed by atoms with Gasteiger partial charge in [-0.2, -0.15) is 5.10 Å². The number of aromatic nitrogens is 2. The summed E-state index contributed by atoms with van der Waals surface area (Å²) in [5, 5.41) is 7.45. The van der Waals surface area contributed by atoms with Crippen LogP contribution in [0.4, 0.5) is 0 Å². The monoisotopic (exact) mass is 317 g/mol. The number of benzene rings is 1. The molecule has 0 bridgehead atoms. The van der Waals surface area contributed by atoms with Gasteiger partial charge in [0.1, 0.15) is 0 Å². The summed E-state index contributed by atoms with van der Waals surface area (Å²) in [6.07, 6.45) is 7.11. The molecule has 22 heavy (non-hydrogen) atoms. The van der Waals surface area contributed by atoms with Crippen molar-refractivity contribution in [2.24, 2.45) is 0 Å². The molecule has 0 aliphatic carbocycles. The van der Waals surface area contributed by atoms with Crippen LogP contribution in [0.3, 0.4) is 0 Å². The second-order valence-electron chi connectivity index (χ2n) is 5.84. The second-order valence-corrected chi connectivity index (χ2v) is 6.27. The molecule has 1 aromatic heterocycles. The van der Waals surface area contributed by atoms with E-state index in [1.807, 2.05) is 23.2 Å². The van der Waals surface area contributed by atoms with Gasteiger partial charge < -0.3 is 4.90 Å². The standard InChI is InChI=1S/C17H20ClN3O/c18-16-6-4-14(5-7-16)15-2-1-9-21(12-15)17(22)8-3-13-10-19-20-11-13/h4-7,10-11,15H,1-3,8-9,12H2,(H,19,20)/t15-/m1/s1. The van der Waals surface area contributed by atoms with E-state index in [1.54, 1.807) is 6.20 Å². The van der Waals surface area contributed by atoms with Crippen molar-refractivity contribution in [3.8, 4) is 0 Å². The maximum Gasteiger partial charge on any atom is 0.222 e. The largest absolute Gasteiger partial charge is 0.342 e. The van der Waals surface area contributed by atoms with Crippen molar-refractivity contribution in [2.45, 2.75) is 31.6 Å². The number of hydrogen-bond donors (Lipinski definition) is 1. The predicted octanol–water partition coefficient (Wildman–Crippen LogP) is 3.40. The first-order valence-electron chi connectivity index (χ1n) is 7.73. The third-order valence-electron chi connectivity index (χ3n) is 4.30. The van der Waals surface area contributed by atoms with E-state index in [1.165, 1.54) is 5.56 Å². The SMILES string of the molecule is O=C(CCc1cn[nH]c1)N1CCC[C@@H](c2ccc(Cl)cc2)C1. The highest BCUT2D eigenvalue weighted by Gasteiger charge is 2.24. The van der Waals surface area contributed by atoms with Gasteiger partial charge in [-0.15, -0.1) is 0 Å². The van der Waals surface area contributed by atoms with Gasteiger partial charge in [0, 0.05) is 36.6 Å². The number of carbonyl (C=O) groups excluding carboxylic acids is 1. The van der Waals surface area contributed by atoms with Gasteiger partial charge in [0.15, 0.2) is 0 Å². The van der Waals surface area contributed by atoms with Gasteiger partial charge in [-0.3, -0.25) is 9.89 Å². The van der Waals surface area contributed by atoms with E-state index in [9.17, 15) is 4.79 Å². The van der Waals surface area contributed by atoms with Crippen LogP contribution in [0.5, 0.6) is 0 Å². The van der Waals surface area contributed by atoms with Gasteiger partial charge in [-0.1, -0.05) is 23.7 Å². The first kappa shape index (κ1) is 15.1. The van der Waals surface area contributed by atoms with Gasteiger partial charge in [-0.25, -0.2) is 0 Å². The molecule has 1 N–H and O–H groups in total. The van der Waals surface area contributed by atoms with Crippen molar-refractivity contribution in [2.75, 3.05) is 13.1 Å². The van der Waals surface area contributed by atoms with Gasteiger partial charge in [-0.05, 0) is 42.5 Å². The zero-order valence-corrected chi connectivity index (χ0v) is 13.2. The lowest BCUT2D eigenvalue weighted by Gasteiger charge is -2.33. The number of rotatable bonds is 4. The normalized spacial score (nSPS) is 18.4. The first-order chi connectivity index (χ1) is 10.7. The molecule has 4 nitrogen and oxygen atoms in total. The third kappa shape index (κ3) is 3.69. The van der Waals surface area contributed by atoms with E-state index in [2.05, 4.69) is 22.3 Å². The molecule has 1 aromatic carbocycles. The lowest BCUT2D eigenvalue weighted by atomic mass is 9.90. The van der Waals surface area contributed by atoms with Crippen molar-refractivity contribution < 1.29 is 4.79 Å². The predicted molar refractivity (Wildman–Crippen MR) is 86.9 cm³/mol. The number of amides is 1. The Balaban J connectivity index is 1.57. The molecule has 1 aliphatic heterocycles. The molecule has 2 aromatic rings. The van der Waals surface area contributed by atoms with E-state index in [-0.39, 0.29) is 5.91 Å². The fraction of sp³-hybridized carbons (Fsp3) is 0.412.